The van der Waals surface area contributed by atoms with Gasteiger partial charge in [0.25, 0.3) is 0 Å². The van der Waals surface area contributed by atoms with Gasteiger partial charge in [0.1, 0.15) is 12.3 Å². The maximum atomic E-state index is 12.0. The van der Waals surface area contributed by atoms with Crippen molar-refractivity contribution < 1.29 is 19.1 Å². The fourth-order valence-corrected chi connectivity index (χ4v) is 3.09. The highest BCUT2D eigenvalue weighted by molar-refractivity contribution is 6.01. The molecular formula is C20H23N3O4. The van der Waals surface area contributed by atoms with E-state index < -0.39 is 0 Å². The fraction of sp³-hybridized carbons (Fsp3) is 0.350. The molecule has 1 N–H and O–H groups in total. The van der Waals surface area contributed by atoms with Crippen molar-refractivity contribution in [2.75, 3.05) is 27.2 Å². The lowest BCUT2D eigenvalue weighted by Gasteiger charge is -2.13. The van der Waals surface area contributed by atoms with Gasteiger partial charge in [-0.3, -0.25) is 14.5 Å². The Morgan fingerprint density at radius 2 is 1.89 bits per heavy atom. The minimum absolute atomic E-state index is 0.0997. The number of hydrogen-bond donors (Lipinski definition) is 1. The lowest BCUT2D eigenvalue weighted by atomic mass is 10.1. The van der Waals surface area contributed by atoms with Gasteiger partial charge in [0, 0.05) is 26.6 Å². The second-order valence-corrected chi connectivity index (χ2v) is 6.61. The molecule has 0 saturated carbocycles. The Balaban J connectivity index is 1.47. The number of benzene rings is 2. The summed E-state index contributed by atoms with van der Waals surface area (Å²) in [5, 5.41) is 5.04. The lowest BCUT2D eigenvalue weighted by Crippen LogP contribution is -2.33. The summed E-state index contributed by atoms with van der Waals surface area (Å²) in [6.07, 6.45) is 0.722. The summed E-state index contributed by atoms with van der Waals surface area (Å²) in [4.78, 5) is 38.1. The monoisotopic (exact) mass is 369 g/mol. The smallest absolute Gasteiger partial charge is 0.326 e. The van der Waals surface area contributed by atoms with Crippen LogP contribution in [0, 0.1) is 0 Å². The van der Waals surface area contributed by atoms with Crippen LogP contribution in [0.5, 0.6) is 5.75 Å². The number of fused-ring (bicyclic) bond motifs is 1. The second-order valence-electron chi connectivity index (χ2n) is 6.61. The molecule has 1 aliphatic rings. The van der Waals surface area contributed by atoms with Gasteiger partial charge in [-0.05, 0) is 41.0 Å². The molecule has 0 atom stereocenters. The highest BCUT2D eigenvalue weighted by atomic mass is 16.5. The number of rotatable bonds is 7. The van der Waals surface area contributed by atoms with Crippen LogP contribution >= 0.6 is 0 Å². The molecule has 2 aromatic carbocycles. The third-order valence-electron chi connectivity index (χ3n) is 4.62. The van der Waals surface area contributed by atoms with Gasteiger partial charge in [-0.1, -0.05) is 18.2 Å². The highest BCUT2D eigenvalue weighted by Gasteiger charge is 2.32. The van der Waals surface area contributed by atoms with Crippen molar-refractivity contribution in [3.8, 4) is 5.75 Å². The summed E-state index contributed by atoms with van der Waals surface area (Å²) < 4.78 is 5.22. The first-order valence-electron chi connectivity index (χ1n) is 8.87. The number of hydrogen-bond acceptors (Lipinski definition) is 4. The summed E-state index contributed by atoms with van der Waals surface area (Å²) >= 11 is 0. The molecular weight excluding hydrogens is 346 g/mol. The first-order valence-corrected chi connectivity index (χ1v) is 8.87. The van der Waals surface area contributed by atoms with Crippen LogP contribution < -0.4 is 10.1 Å². The molecule has 7 heteroatoms. The Bertz CT molecular complexity index is 881. The van der Waals surface area contributed by atoms with Crippen molar-refractivity contribution in [1.82, 2.24) is 15.1 Å². The maximum absolute atomic E-state index is 12.0. The van der Waals surface area contributed by atoms with Crippen LogP contribution in [-0.2, 0) is 16.1 Å². The van der Waals surface area contributed by atoms with Crippen LogP contribution in [-0.4, -0.2) is 54.9 Å². The van der Waals surface area contributed by atoms with Crippen molar-refractivity contribution >= 4 is 28.6 Å². The predicted octanol–water partition coefficient (Wildman–Crippen LogP) is 2.14. The molecule has 0 bridgehead atoms. The number of methoxy groups -OCH3 is 1. The zero-order valence-electron chi connectivity index (χ0n) is 15.5. The zero-order valence-corrected chi connectivity index (χ0v) is 15.5. The number of likely N-dealkylation sites (N-methyl/N-ethyl adjacent to an activating group) is 1. The Morgan fingerprint density at radius 1 is 1.15 bits per heavy atom. The number of imide groups is 1. The van der Waals surface area contributed by atoms with Gasteiger partial charge in [0.05, 0.1) is 7.11 Å². The predicted molar refractivity (Wildman–Crippen MR) is 101 cm³/mol. The number of nitrogens with one attached hydrogen (secondary N) is 1. The minimum Gasteiger partial charge on any atom is -0.497 e. The number of carbonyl (C=O) groups excluding carboxylic acids is 3. The minimum atomic E-state index is -0.298. The Kier molecular flexibility index (Phi) is 5.59. The molecule has 1 fully saturated rings. The largest absolute Gasteiger partial charge is 0.497 e. The van der Waals surface area contributed by atoms with Gasteiger partial charge in [-0.25, -0.2) is 4.79 Å². The van der Waals surface area contributed by atoms with Crippen LogP contribution in [0.1, 0.15) is 18.4 Å². The van der Waals surface area contributed by atoms with E-state index in [0.29, 0.717) is 13.0 Å². The molecule has 1 heterocycles. The van der Waals surface area contributed by atoms with Crippen LogP contribution in [0.2, 0.25) is 0 Å². The molecule has 27 heavy (non-hydrogen) atoms. The van der Waals surface area contributed by atoms with Gasteiger partial charge >= 0.3 is 6.03 Å². The number of urea groups is 1. The van der Waals surface area contributed by atoms with Crippen molar-refractivity contribution in [3.63, 3.8) is 0 Å². The van der Waals surface area contributed by atoms with Crippen LogP contribution in [0.15, 0.2) is 36.4 Å². The van der Waals surface area contributed by atoms with Gasteiger partial charge in [0.2, 0.25) is 11.8 Å². The summed E-state index contributed by atoms with van der Waals surface area (Å²) in [6, 6.07) is 11.6. The molecule has 7 nitrogen and oxygen atoms in total. The molecule has 0 unspecified atom stereocenters. The second kappa shape index (κ2) is 8.07. The summed E-state index contributed by atoms with van der Waals surface area (Å²) in [5.74, 6) is 0.498. The lowest BCUT2D eigenvalue weighted by molar-refractivity contribution is -0.126. The van der Waals surface area contributed by atoms with E-state index in [4.69, 9.17) is 4.74 Å². The molecule has 0 spiro atoms. The number of amides is 4. The van der Waals surface area contributed by atoms with Gasteiger partial charge in [-0.2, -0.15) is 0 Å². The quantitative estimate of drug-likeness (QED) is 0.759. The third kappa shape index (κ3) is 4.36. The van der Waals surface area contributed by atoms with Gasteiger partial charge < -0.3 is 15.0 Å². The van der Waals surface area contributed by atoms with E-state index in [1.165, 1.54) is 9.80 Å². The summed E-state index contributed by atoms with van der Waals surface area (Å²) in [7, 11) is 3.23. The van der Waals surface area contributed by atoms with E-state index in [0.717, 1.165) is 22.1 Å². The molecule has 142 valence electrons. The van der Waals surface area contributed by atoms with Crippen molar-refractivity contribution in [2.45, 2.75) is 19.4 Å². The van der Waals surface area contributed by atoms with Crippen molar-refractivity contribution in [2.24, 2.45) is 0 Å². The molecule has 2 aromatic rings. The summed E-state index contributed by atoms with van der Waals surface area (Å²) in [6.45, 7) is 0.817. The molecule has 1 aliphatic heterocycles. The van der Waals surface area contributed by atoms with E-state index in [9.17, 15) is 14.4 Å². The van der Waals surface area contributed by atoms with Crippen molar-refractivity contribution in [1.29, 1.82) is 0 Å². The van der Waals surface area contributed by atoms with E-state index in [1.807, 2.05) is 36.4 Å². The standard InChI is InChI=1S/C20H23N3O4/c1-22-13-19(25)23(20(22)26)9-3-4-18(24)21-12-14-5-6-16-11-17(27-2)8-7-15(16)10-14/h5-8,10-11H,3-4,9,12-13H2,1-2H3,(H,21,24). The van der Waals surface area contributed by atoms with Crippen LogP contribution in [0.4, 0.5) is 4.79 Å². The normalized spacial score (nSPS) is 14.1. The number of nitrogens with zero attached hydrogens (tertiary/aromatic N) is 2. The molecule has 0 radical (unpaired) electrons. The Hall–Kier alpha value is -3.09. The third-order valence-corrected chi connectivity index (χ3v) is 4.62. The number of ether oxygens (including phenoxy) is 1. The average Bonchev–Trinajstić information content (AvgIpc) is 2.91. The van der Waals surface area contributed by atoms with E-state index >= 15 is 0 Å². The molecule has 0 aromatic heterocycles. The fourth-order valence-electron chi connectivity index (χ4n) is 3.09. The molecule has 0 aliphatic carbocycles. The molecule has 3 rings (SSSR count). The van der Waals surface area contributed by atoms with Crippen LogP contribution in [0.25, 0.3) is 10.8 Å². The SMILES string of the molecule is COc1ccc2cc(CNC(=O)CCCN3C(=O)CN(C)C3=O)ccc2c1. The highest BCUT2D eigenvalue weighted by Crippen LogP contribution is 2.21. The molecule has 4 amide bonds. The Labute approximate surface area is 157 Å². The average molecular weight is 369 g/mol. The first kappa shape index (κ1) is 18.7. The van der Waals surface area contributed by atoms with E-state index in [-0.39, 0.29) is 37.4 Å². The maximum Gasteiger partial charge on any atom is 0.326 e. The van der Waals surface area contributed by atoms with E-state index in [1.54, 1.807) is 14.2 Å². The van der Waals surface area contributed by atoms with Crippen molar-refractivity contribution in [3.05, 3.63) is 42.0 Å². The molecule has 1 saturated heterocycles. The Morgan fingerprint density at radius 3 is 2.59 bits per heavy atom. The van der Waals surface area contributed by atoms with Gasteiger partial charge in [-0.15, -0.1) is 0 Å². The zero-order chi connectivity index (χ0) is 19.4. The topological polar surface area (TPSA) is 79.0 Å². The number of carbonyl (C=O) groups is 3. The van der Waals surface area contributed by atoms with Gasteiger partial charge in [0.15, 0.2) is 0 Å². The van der Waals surface area contributed by atoms with Crippen LogP contribution in [0.3, 0.4) is 0 Å². The summed E-state index contributed by atoms with van der Waals surface area (Å²) in [5.41, 5.74) is 1.01. The van der Waals surface area contributed by atoms with E-state index in [2.05, 4.69) is 5.32 Å². The first-order chi connectivity index (χ1) is 13.0.